The fourth-order valence-electron chi connectivity index (χ4n) is 2.74. The van der Waals surface area contributed by atoms with E-state index in [0.29, 0.717) is 6.54 Å². The first kappa shape index (κ1) is 17.0. The van der Waals surface area contributed by atoms with Crippen molar-refractivity contribution in [3.8, 4) is 5.69 Å². The third kappa shape index (κ3) is 3.97. The standard InChI is InChI=1S/C18H23ClN4O/c1-12-17(11-20-9-10-21-18(24)14-3-4-14)13(2)23(22-12)16-7-5-15(19)6-8-16/h5-8,14,20H,3-4,9-11H2,1-2H3,(H,21,24). The Labute approximate surface area is 147 Å². The highest BCUT2D eigenvalue weighted by atomic mass is 35.5. The molecule has 1 amide bonds. The number of hydrogen-bond donors (Lipinski definition) is 2. The first-order valence-electron chi connectivity index (χ1n) is 8.35. The van der Waals surface area contributed by atoms with Crippen LogP contribution in [-0.2, 0) is 11.3 Å². The predicted molar refractivity (Wildman–Crippen MR) is 95.5 cm³/mol. The third-order valence-electron chi connectivity index (χ3n) is 4.36. The summed E-state index contributed by atoms with van der Waals surface area (Å²) in [6.07, 6.45) is 2.09. The number of aromatic nitrogens is 2. The van der Waals surface area contributed by atoms with Gasteiger partial charge in [0.05, 0.1) is 11.4 Å². The fraction of sp³-hybridized carbons (Fsp3) is 0.444. The van der Waals surface area contributed by atoms with Gasteiger partial charge < -0.3 is 10.6 Å². The molecule has 24 heavy (non-hydrogen) atoms. The van der Waals surface area contributed by atoms with Gasteiger partial charge in [-0.05, 0) is 51.0 Å². The van der Waals surface area contributed by atoms with Crippen LogP contribution in [0.1, 0.15) is 29.8 Å². The molecule has 3 rings (SSSR count). The number of aryl methyl sites for hydroxylation is 1. The van der Waals surface area contributed by atoms with Crippen molar-refractivity contribution in [1.82, 2.24) is 20.4 Å². The van der Waals surface area contributed by atoms with E-state index in [1.165, 1.54) is 5.56 Å². The molecule has 6 heteroatoms. The van der Waals surface area contributed by atoms with Crippen molar-refractivity contribution in [3.63, 3.8) is 0 Å². The lowest BCUT2D eigenvalue weighted by atomic mass is 10.2. The minimum absolute atomic E-state index is 0.194. The van der Waals surface area contributed by atoms with E-state index in [4.69, 9.17) is 11.6 Å². The molecule has 1 aliphatic carbocycles. The van der Waals surface area contributed by atoms with E-state index < -0.39 is 0 Å². The van der Waals surface area contributed by atoms with Crippen molar-refractivity contribution < 1.29 is 4.79 Å². The lowest BCUT2D eigenvalue weighted by Gasteiger charge is -2.08. The number of halogens is 1. The second-order valence-electron chi connectivity index (χ2n) is 6.28. The smallest absolute Gasteiger partial charge is 0.223 e. The van der Waals surface area contributed by atoms with Crippen LogP contribution in [0, 0.1) is 19.8 Å². The summed E-state index contributed by atoms with van der Waals surface area (Å²) >= 11 is 5.95. The number of nitrogens with one attached hydrogen (secondary N) is 2. The topological polar surface area (TPSA) is 59.0 Å². The molecule has 0 unspecified atom stereocenters. The highest BCUT2D eigenvalue weighted by molar-refractivity contribution is 6.30. The average Bonchev–Trinajstić information content (AvgIpc) is 3.37. The van der Waals surface area contributed by atoms with Gasteiger partial charge in [-0.15, -0.1) is 0 Å². The van der Waals surface area contributed by atoms with Crippen LogP contribution in [-0.4, -0.2) is 28.8 Å². The Kier molecular flexibility index (Phi) is 5.21. The maximum Gasteiger partial charge on any atom is 0.223 e. The van der Waals surface area contributed by atoms with Crippen molar-refractivity contribution in [2.24, 2.45) is 5.92 Å². The van der Waals surface area contributed by atoms with Crippen LogP contribution < -0.4 is 10.6 Å². The molecule has 1 fully saturated rings. The zero-order valence-electron chi connectivity index (χ0n) is 14.1. The lowest BCUT2D eigenvalue weighted by Crippen LogP contribution is -2.32. The average molecular weight is 347 g/mol. The van der Waals surface area contributed by atoms with Crippen LogP contribution in [0.4, 0.5) is 0 Å². The van der Waals surface area contributed by atoms with Gasteiger partial charge in [0.1, 0.15) is 0 Å². The van der Waals surface area contributed by atoms with Crippen LogP contribution >= 0.6 is 11.6 Å². The molecule has 1 aromatic heterocycles. The summed E-state index contributed by atoms with van der Waals surface area (Å²) in [5, 5.41) is 11.7. The minimum atomic E-state index is 0.194. The van der Waals surface area contributed by atoms with Gasteiger partial charge >= 0.3 is 0 Å². The van der Waals surface area contributed by atoms with Crippen LogP contribution in [0.3, 0.4) is 0 Å². The van der Waals surface area contributed by atoms with Gasteiger partial charge in [0.2, 0.25) is 5.91 Å². The number of nitrogens with zero attached hydrogens (tertiary/aromatic N) is 2. The van der Waals surface area contributed by atoms with Crippen molar-refractivity contribution in [2.45, 2.75) is 33.2 Å². The Morgan fingerprint density at radius 1 is 1.25 bits per heavy atom. The molecule has 128 valence electrons. The van der Waals surface area contributed by atoms with E-state index in [0.717, 1.165) is 48.0 Å². The highest BCUT2D eigenvalue weighted by Gasteiger charge is 2.28. The lowest BCUT2D eigenvalue weighted by molar-refractivity contribution is -0.122. The van der Waals surface area contributed by atoms with Crippen molar-refractivity contribution in [2.75, 3.05) is 13.1 Å². The predicted octanol–water partition coefficient (Wildman–Crippen LogP) is 2.76. The van der Waals surface area contributed by atoms with Crippen LogP contribution in [0.2, 0.25) is 5.02 Å². The zero-order valence-corrected chi connectivity index (χ0v) is 14.9. The van der Waals surface area contributed by atoms with Gasteiger partial charge in [-0.2, -0.15) is 5.10 Å². The van der Waals surface area contributed by atoms with Gasteiger partial charge in [-0.3, -0.25) is 4.79 Å². The van der Waals surface area contributed by atoms with E-state index in [9.17, 15) is 4.79 Å². The van der Waals surface area contributed by atoms with Crippen molar-refractivity contribution >= 4 is 17.5 Å². The van der Waals surface area contributed by atoms with E-state index in [2.05, 4.69) is 22.7 Å². The van der Waals surface area contributed by atoms with Gasteiger partial charge in [-0.1, -0.05) is 11.6 Å². The summed E-state index contributed by atoms with van der Waals surface area (Å²) in [4.78, 5) is 11.6. The molecule has 1 heterocycles. The number of rotatable bonds is 7. The van der Waals surface area contributed by atoms with Gasteiger partial charge in [0.25, 0.3) is 0 Å². The molecule has 2 N–H and O–H groups in total. The molecule has 0 spiro atoms. The van der Waals surface area contributed by atoms with E-state index in [-0.39, 0.29) is 11.8 Å². The normalized spacial score (nSPS) is 14.0. The first-order chi connectivity index (χ1) is 11.6. The second-order valence-corrected chi connectivity index (χ2v) is 6.72. The molecule has 1 aromatic carbocycles. The SMILES string of the molecule is Cc1nn(-c2ccc(Cl)cc2)c(C)c1CNCCNC(=O)C1CC1. The number of carbonyl (C=O) groups is 1. The Morgan fingerprint density at radius 3 is 2.62 bits per heavy atom. The van der Waals surface area contributed by atoms with Crippen molar-refractivity contribution in [3.05, 3.63) is 46.2 Å². The van der Waals surface area contributed by atoms with Crippen LogP contribution in [0.5, 0.6) is 0 Å². The maximum atomic E-state index is 11.6. The maximum absolute atomic E-state index is 11.6. The molecule has 0 aliphatic heterocycles. The molecule has 0 bridgehead atoms. The highest BCUT2D eigenvalue weighted by Crippen LogP contribution is 2.28. The van der Waals surface area contributed by atoms with Crippen molar-refractivity contribution in [1.29, 1.82) is 0 Å². The van der Waals surface area contributed by atoms with Crippen LogP contribution in [0.25, 0.3) is 5.69 Å². The van der Waals surface area contributed by atoms with Gasteiger partial charge in [-0.25, -0.2) is 4.68 Å². The summed E-state index contributed by atoms with van der Waals surface area (Å²) in [7, 11) is 0. The van der Waals surface area contributed by atoms with E-state index in [1.807, 2.05) is 35.9 Å². The summed E-state index contributed by atoms with van der Waals surface area (Å²) in [6, 6.07) is 7.67. The van der Waals surface area contributed by atoms with E-state index in [1.54, 1.807) is 0 Å². The number of amides is 1. The molecule has 5 nitrogen and oxygen atoms in total. The number of benzene rings is 1. The summed E-state index contributed by atoms with van der Waals surface area (Å²) in [5.41, 5.74) is 4.32. The first-order valence-corrected chi connectivity index (χ1v) is 8.73. The Morgan fingerprint density at radius 2 is 1.96 bits per heavy atom. The zero-order chi connectivity index (χ0) is 17.1. The van der Waals surface area contributed by atoms with E-state index >= 15 is 0 Å². The molecule has 1 aliphatic rings. The summed E-state index contributed by atoms with van der Waals surface area (Å²) in [5.74, 6) is 0.465. The summed E-state index contributed by atoms with van der Waals surface area (Å²) in [6.45, 7) is 6.25. The number of hydrogen-bond acceptors (Lipinski definition) is 3. The Balaban J connectivity index is 1.55. The molecule has 0 radical (unpaired) electrons. The Bertz CT molecular complexity index is 719. The molecular formula is C18H23ClN4O. The third-order valence-corrected chi connectivity index (χ3v) is 4.62. The monoisotopic (exact) mass is 346 g/mol. The number of carbonyl (C=O) groups excluding carboxylic acids is 1. The minimum Gasteiger partial charge on any atom is -0.355 e. The molecule has 0 atom stereocenters. The molecule has 0 saturated heterocycles. The van der Waals surface area contributed by atoms with Gasteiger partial charge in [0.15, 0.2) is 0 Å². The fourth-order valence-corrected chi connectivity index (χ4v) is 2.87. The largest absolute Gasteiger partial charge is 0.355 e. The Hall–Kier alpha value is -1.85. The molecule has 1 saturated carbocycles. The molecular weight excluding hydrogens is 324 g/mol. The van der Waals surface area contributed by atoms with Gasteiger partial charge in [0, 0.05) is 41.8 Å². The quantitative estimate of drug-likeness (QED) is 0.758. The second kappa shape index (κ2) is 7.36. The van der Waals surface area contributed by atoms with Crippen LogP contribution in [0.15, 0.2) is 24.3 Å². The summed E-state index contributed by atoms with van der Waals surface area (Å²) < 4.78 is 1.94. The molecule has 2 aromatic rings.